The van der Waals surface area contributed by atoms with Crippen LogP contribution in [0.3, 0.4) is 0 Å². The summed E-state index contributed by atoms with van der Waals surface area (Å²) in [5.41, 5.74) is 1.32. The van der Waals surface area contributed by atoms with Crippen molar-refractivity contribution in [3.8, 4) is 0 Å². The number of hydrogen-bond donors (Lipinski definition) is 1. The molecule has 2 aromatic rings. The van der Waals surface area contributed by atoms with E-state index in [4.69, 9.17) is 4.74 Å². The molecule has 0 aliphatic carbocycles. The molecule has 0 spiro atoms. The lowest BCUT2D eigenvalue weighted by Gasteiger charge is -2.04. The van der Waals surface area contributed by atoms with Crippen molar-refractivity contribution in [2.45, 2.75) is 26.8 Å². The number of carbonyl (C=O) groups is 1. The second-order valence-electron chi connectivity index (χ2n) is 4.01. The van der Waals surface area contributed by atoms with Gasteiger partial charge in [0, 0.05) is 12.2 Å². The lowest BCUT2D eigenvalue weighted by molar-refractivity contribution is -0.143. The quantitative estimate of drug-likeness (QED) is 0.819. The molecule has 2 rings (SSSR count). The Morgan fingerprint density at radius 3 is 3.06 bits per heavy atom. The van der Waals surface area contributed by atoms with Crippen LogP contribution in [0.15, 0.2) is 17.2 Å². The molecule has 6 nitrogen and oxygen atoms in total. The van der Waals surface area contributed by atoms with Gasteiger partial charge in [-0.3, -0.25) is 14.2 Å². The number of fused-ring (bicyclic) bond motifs is 1. The molecule has 0 atom stereocenters. The highest BCUT2D eigenvalue weighted by molar-refractivity contribution is 5.75. The van der Waals surface area contributed by atoms with Crippen molar-refractivity contribution >= 4 is 17.0 Å². The number of H-pyrrole nitrogens is 1. The van der Waals surface area contributed by atoms with Crippen LogP contribution in [0.4, 0.5) is 0 Å². The summed E-state index contributed by atoms with van der Waals surface area (Å²) in [5, 5.41) is 0.541. The molecule has 0 saturated carbocycles. The second-order valence-corrected chi connectivity index (χ2v) is 4.01. The van der Waals surface area contributed by atoms with Gasteiger partial charge in [0.05, 0.1) is 24.7 Å². The van der Waals surface area contributed by atoms with E-state index < -0.39 is 0 Å². The summed E-state index contributed by atoms with van der Waals surface area (Å²) >= 11 is 0. The summed E-state index contributed by atoms with van der Waals surface area (Å²) in [7, 11) is 0. The van der Waals surface area contributed by atoms with Crippen LogP contribution in [0.1, 0.15) is 19.0 Å². The highest BCUT2D eigenvalue weighted by atomic mass is 16.5. The molecule has 18 heavy (non-hydrogen) atoms. The van der Waals surface area contributed by atoms with Crippen LogP contribution >= 0.6 is 0 Å². The fourth-order valence-electron chi connectivity index (χ4n) is 1.78. The van der Waals surface area contributed by atoms with Crippen LogP contribution in [-0.4, -0.2) is 27.1 Å². The molecule has 2 aromatic heterocycles. The van der Waals surface area contributed by atoms with Gasteiger partial charge in [0.1, 0.15) is 5.65 Å². The monoisotopic (exact) mass is 249 g/mol. The topological polar surface area (TPSA) is 77.0 Å². The van der Waals surface area contributed by atoms with Crippen LogP contribution in [0.5, 0.6) is 0 Å². The fraction of sp³-hybridized carbons (Fsp3) is 0.417. The maximum Gasteiger partial charge on any atom is 0.307 e. The number of esters is 1. The van der Waals surface area contributed by atoms with E-state index in [1.807, 2.05) is 6.92 Å². The summed E-state index contributed by atoms with van der Waals surface area (Å²) in [6.45, 7) is 4.25. The van der Waals surface area contributed by atoms with Crippen molar-refractivity contribution < 1.29 is 9.53 Å². The van der Waals surface area contributed by atoms with Crippen molar-refractivity contribution in [3.63, 3.8) is 0 Å². The normalized spacial score (nSPS) is 10.8. The molecule has 96 valence electrons. The van der Waals surface area contributed by atoms with E-state index in [9.17, 15) is 9.59 Å². The highest BCUT2D eigenvalue weighted by Crippen LogP contribution is 2.07. The van der Waals surface area contributed by atoms with Gasteiger partial charge in [0.25, 0.3) is 5.56 Å². The Morgan fingerprint density at radius 2 is 2.33 bits per heavy atom. The SMILES string of the molecule is CCOC(=O)CCn1cnc2[nH]c(C)cc2c1=O. The predicted octanol–water partition coefficient (Wildman–Crippen LogP) is 0.986. The molecule has 2 heterocycles. The number of aryl methyl sites for hydroxylation is 2. The summed E-state index contributed by atoms with van der Waals surface area (Å²) in [5.74, 6) is -0.310. The summed E-state index contributed by atoms with van der Waals surface area (Å²) < 4.78 is 6.24. The van der Waals surface area contributed by atoms with Gasteiger partial charge in [0.2, 0.25) is 0 Å². The van der Waals surface area contributed by atoms with E-state index in [1.54, 1.807) is 13.0 Å². The van der Waals surface area contributed by atoms with Gasteiger partial charge in [-0.25, -0.2) is 4.98 Å². The Hall–Kier alpha value is -2.11. The minimum atomic E-state index is -0.310. The summed E-state index contributed by atoms with van der Waals surface area (Å²) in [4.78, 5) is 30.4. The van der Waals surface area contributed by atoms with E-state index in [0.29, 0.717) is 17.6 Å². The van der Waals surface area contributed by atoms with Crippen LogP contribution in [0.2, 0.25) is 0 Å². The van der Waals surface area contributed by atoms with Crippen molar-refractivity contribution in [2.24, 2.45) is 0 Å². The average molecular weight is 249 g/mol. The lowest BCUT2D eigenvalue weighted by atomic mass is 10.3. The molecule has 1 N–H and O–H groups in total. The number of carbonyl (C=O) groups excluding carboxylic acids is 1. The molecule has 0 aromatic carbocycles. The molecular weight excluding hydrogens is 234 g/mol. The summed E-state index contributed by atoms with van der Waals surface area (Å²) in [6, 6.07) is 1.76. The summed E-state index contributed by atoms with van der Waals surface area (Å²) in [6.07, 6.45) is 1.62. The Labute approximate surface area is 104 Å². The number of hydrogen-bond acceptors (Lipinski definition) is 4. The number of nitrogens with one attached hydrogen (secondary N) is 1. The number of rotatable bonds is 4. The maximum absolute atomic E-state index is 12.1. The van der Waals surface area contributed by atoms with E-state index in [2.05, 4.69) is 9.97 Å². The zero-order chi connectivity index (χ0) is 13.1. The predicted molar refractivity (Wildman–Crippen MR) is 66.3 cm³/mol. The van der Waals surface area contributed by atoms with Gasteiger partial charge in [-0.15, -0.1) is 0 Å². The zero-order valence-corrected chi connectivity index (χ0v) is 10.4. The molecule has 0 radical (unpaired) electrons. The largest absolute Gasteiger partial charge is 0.466 e. The maximum atomic E-state index is 12.1. The smallest absolute Gasteiger partial charge is 0.307 e. The highest BCUT2D eigenvalue weighted by Gasteiger charge is 2.08. The molecule has 0 fully saturated rings. The molecule has 0 saturated heterocycles. The fourth-order valence-corrected chi connectivity index (χ4v) is 1.78. The van der Waals surface area contributed by atoms with Crippen molar-refractivity contribution in [1.29, 1.82) is 0 Å². The van der Waals surface area contributed by atoms with Crippen LogP contribution in [0, 0.1) is 6.92 Å². The van der Waals surface area contributed by atoms with E-state index in [0.717, 1.165) is 5.69 Å². The number of aromatic amines is 1. The van der Waals surface area contributed by atoms with Gasteiger partial charge < -0.3 is 9.72 Å². The molecule has 0 amide bonds. The molecule has 0 bridgehead atoms. The van der Waals surface area contributed by atoms with Gasteiger partial charge in [-0.1, -0.05) is 0 Å². The lowest BCUT2D eigenvalue weighted by Crippen LogP contribution is -2.22. The first-order valence-electron chi connectivity index (χ1n) is 5.82. The van der Waals surface area contributed by atoms with E-state index in [1.165, 1.54) is 10.9 Å². The molecule has 6 heteroatoms. The van der Waals surface area contributed by atoms with Crippen molar-refractivity contribution in [2.75, 3.05) is 6.61 Å². The van der Waals surface area contributed by atoms with Crippen LogP contribution < -0.4 is 5.56 Å². The first kappa shape index (κ1) is 12.3. The van der Waals surface area contributed by atoms with Crippen molar-refractivity contribution in [1.82, 2.24) is 14.5 Å². The molecule has 0 aliphatic heterocycles. The Kier molecular flexibility index (Phi) is 3.45. The Morgan fingerprint density at radius 1 is 1.56 bits per heavy atom. The zero-order valence-electron chi connectivity index (χ0n) is 10.4. The number of nitrogens with zero attached hydrogens (tertiary/aromatic N) is 2. The van der Waals surface area contributed by atoms with Gasteiger partial charge in [-0.05, 0) is 19.9 Å². The minimum absolute atomic E-state index is 0.145. The van der Waals surface area contributed by atoms with Crippen molar-refractivity contribution in [3.05, 3.63) is 28.4 Å². The molecule has 0 aliphatic rings. The first-order chi connectivity index (χ1) is 8.61. The van der Waals surface area contributed by atoms with Crippen LogP contribution in [0.25, 0.3) is 11.0 Å². The first-order valence-corrected chi connectivity index (χ1v) is 5.82. The second kappa shape index (κ2) is 5.03. The third kappa shape index (κ3) is 2.42. The average Bonchev–Trinajstić information content (AvgIpc) is 2.70. The standard InChI is InChI=1S/C12H15N3O3/c1-3-18-10(16)4-5-15-7-13-11-9(12(15)17)6-8(2)14-11/h6-7,14H,3-5H2,1-2H3. The Balaban J connectivity index is 2.21. The number of ether oxygens (including phenoxy) is 1. The third-order valence-electron chi connectivity index (χ3n) is 2.61. The van der Waals surface area contributed by atoms with Crippen LogP contribution in [-0.2, 0) is 16.1 Å². The number of aromatic nitrogens is 3. The Bertz CT molecular complexity index is 627. The molecular formula is C12H15N3O3. The van der Waals surface area contributed by atoms with E-state index >= 15 is 0 Å². The minimum Gasteiger partial charge on any atom is -0.466 e. The van der Waals surface area contributed by atoms with Gasteiger partial charge >= 0.3 is 5.97 Å². The third-order valence-corrected chi connectivity index (χ3v) is 2.61. The molecule has 0 unspecified atom stereocenters. The van der Waals surface area contributed by atoms with Gasteiger partial charge in [-0.2, -0.15) is 0 Å². The van der Waals surface area contributed by atoms with E-state index in [-0.39, 0.29) is 24.5 Å². The van der Waals surface area contributed by atoms with Gasteiger partial charge in [0.15, 0.2) is 0 Å².